The number of nitrogen functional groups attached to an aromatic ring is 1. The smallest absolute Gasteiger partial charge is 0.259 e. The first-order chi connectivity index (χ1) is 10.5. The highest BCUT2D eigenvalue weighted by atomic mass is 35.5. The van der Waals surface area contributed by atoms with E-state index in [9.17, 15) is 9.90 Å². The molecule has 0 radical (unpaired) electrons. The summed E-state index contributed by atoms with van der Waals surface area (Å²) in [5.41, 5.74) is 6.60. The lowest BCUT2D eigenvalue weighted by Crippen LogP contribution is -2.13. The summed E-state index contributed by atoms with van der Waals surface area (Å²) >= 11 is 0. The number of anilines is 1. The number of amides is 1. The number of ether oxygens (including phenoxy) is 1. The number of benzene rings is 2. The Morgan fingerprint density at radius 3 is 2.48 bits per heavy atom. The van der Waals surface area contributed by atoms with E-state index in [4.69, 9.17) is 15.9 Å². The lowest BCUT2D eigenvalue weighted by Gasteiger charge is -2.10. The van der Waals surface area contributed by atoms with Crippen molar-refractivity contribution in [2.75, 3.05) is 11.9 Å². The van der Waals surface area contributed by atoms with Crippen molar-refractivity contribution in [3.63, 3.8) is 0 Å². The third kappa shape index (κ3) is 4.37. The number of amidine groups is 1. The molecular formula is C16H18ClN3O3. The third-order valence-electron chi connectivity index (χ3n) is 3.00. The molecule has 0 aliphatic carbocycles. The summed E-state index contributed by atoms with van der Waals surface area (Å²) in [6, 6.07) is 11.3. The largest absolute Gasteiger partial charge is 0.504 e. The summed E-state index contributed by atoms with van der Waals surface area (Å²) in [4.78, 5) is 12.2. The van der Waals surface area contributed by atoms with Crippen molar-refractivity contribution < 1.29 is 14.6 Å². The van der Waals surface area contributed by atoms with Crippen LogP contribution in [0.15, 0.2) is 42.5 Å². The maximum atomic E-state index is 12.2. The molecule has 0 bridgehead atoms. The van der Waals surface area contributed by atoms with Crippen LogP contribution in [-0.4, -0.2) is 23.5 Å². The summed E-state index contributed by atoms with van der Waals surface area (Å²) < 4.78 is 5.25. The number of nitrogens with two attached hydrogens (primary N) is 1. The van der Waals surface area contributed by atoms with Crippen LogP contribution in [0.4, 0.5) is 5.69 Å². The molecule has 23 heavy (non-hydrogen) atoms. The van der Waals surface area contributed by atoms with Crippen LogP contribution < -0.4 is 15.8 Å². The van der Waals surface area contributed by atoms with Crippen LogP contribution in [0.25, 0.3) is 0 Å². The van der Waals surface area contributed by atoms with Crippen molar-refractivity contribution in [3.05, 3.63) is 53.6 Å². The predicted octanol–water partition coefficient (Wildman–Crippen LogP) is 2.75. The van der Waals surface area contributed by atoms with Gasteiger partial charge in [-0.15, -0.1) is 12.4 Å². The summed E-state index contributed by atoms with van der Waals surface area (Å²) in [5.74, 6) is -0.418. The van der Waals surface area contributed by atoms with E-state index in [1.807, 2.05) is 0 Å². The van der Waals surface area contributed by atoms with Crippen molar-refractivity contribution in [2.45, 2.75) is 6.92 Å². The Morgan fingerprint density at radius 2 is 1.91 bits per heavy atom. The van der Waals surface area contributed by atoms with Gasteiger partial charge in [-0.2, -0.15) is 0 Å². The Balaban J connectivity index is 0.00000264. The minimum absolute atomic E-state index is 0. The molecule has 6 nitrogen and oxygen atoms in total. The molecule has 2 aromatic carbocycles. The fourth-order valence-corrected chi connectivity index (χ4v) is 1.91. The molecule has 5 N–H and O–H groups in total. The first-order valence-electron chi connectivity index (χ1n) is 6.73. The zero-order chi connectivity index (χ0) is 16.1. The molecule has 0 heterocycles. The molecule has 0 aliphatic heterocycles. The predicted molar refractivity (Wildman–Crippen MR) is 91.9 cm³/mol. The minimum Gasteiger partial charge on any atom is -0.504 e. The number of carbonyl (C=O) groups is 1. The van der Waals surface area contributed by atoms with Gasteiger partial charge < -0.3 is 20.9 Å². The van der Waals surface area contributed by atoms with Gasteiger partial charge >= 0.3 is 0 Å². The number of halogens is 1. The van der Waals surface area contributed by atoms with Gasteiger partial charge in [0.1, 0.15) is 5.84 Å². The quantitative estimate of drug-likeness (QED) is 0.497. The van der Waals surface area contributed by atoms with Gasteiger partial charge in [0.2, 0.25) is 0 Å². The number of para-hydroxylation sites is 1. The first kappa shape index (κ1) is 18.3. The molecule has 122 valence electrons. The zero-order valence-electron chi connectivity index (χ0n) is 12.5. The molecule has 0 atom stereocenters. The first-order valence-corrected chi connectivity index (χ1v) is 6.73. The van der Waals surface area contributed by atoms with E-state index in [1.165, 1.54) is 6.07 Å². The molecule has 0 fully saturated rings. The molecule has 2 aromatic rings. The van der Waals surface area contributed by atoms with E-state index in [0.29, 0.717) is 17.9 Å². The van der Waals surface area contributed by atoms with Crippen LogP contribution in [0.3, 0.4) is 0 Å². The van der Waals surface area contributed by atoms with Gasteiger partial charge in [0.25, 0.3) is 5.91 Å². The molecule has 0 saturated carbocycles. The fraction of sp³-hybridized carbons (Fsp3) is 0.125. The van der Waals surface area contributed by atoms with Crippen LogP contribution in [-0.2, 0) is 0 Å². The molecule has 0 saturated heterocycles. The summed E-state index contributed by atoms with van der Waals surface area (Å²) in [7, 11) is 0. The summed E-state index contributed by atoms with van der Waals surface area (Å²) in [5, 5.41) is 20.0. The van der Waals surface area contributed by atoms with Crippen LogP contribution in [0.1, 0.15) is 22.8 Å². The van der Waals surface area contributed by atoms with Crippen LogP contribution in [0.2, 0.25) is 0 Å². The normalized spacial score (nSPS) is 9.61. The molecule has 7 heteroatoms. The second kappa shape index (κ2) is 8.05. The number of aromatic hydroxyl groups is 1. The molecule has 0 aliphatic rings. The Morgan fingerprint density at radius 1 is 1.26 bits per heavy atom. The van der Waals surface area contributed by atoms with Crippen LogP contribution >= 0.6 is 12.4 Å². The zero-order valence-corrected chi connectivity index (χ0v) is 13.3. The van der Waals surface area contributed by atoms with Gasteiger partial charge in [0, 0.05) is 11.3 Å². The summed E-state index contributed by atoms with van der Waals surface area (Å²) in [6.07, 6.45) is 0. The number of rotatable bonds is 5. The van der Waals surface area contributed by atoms with E-state index in [-0.39, 0.29) is 35.3 Å². The van der Waals surface area contributed by atoms with Crippen molar-refractivity contribution in [1.29, 1.82) is 5.41 Å². The van der Waals surface area contributed by atoms with E-state index < -0.39 is 5.91 Å². The molecule has 0 aromatic heterocycles. The maximum absolute atomic E-state index is 12.2. The number of carbonyl (C=O) groups excluding carboxylic acids is 1. The summed E-state index contributed by atoms with van der Waals surface area (Å²) in [6.45, 7) is 2.19. The molecular weight excluding hydrogens is 318 g/mol. The standard InChI is InChI=1S/C16H17N3O3.ClH/c1-2-22-13-5-3-4-12(14(13)20)16(21)19-11-8-6-10(7-9-11)15(17)18;/h3-9,20H,2H2,1H3,(H3,17,18)(H,19,21);1H. The van der Waals surface area contributed by atoms with E-state index in [2.05, 4.69) is 5.32 Å². The van der Waals surface area contributed by atoms with E-state index in [0.717, 1.165) is 0 Å². The van der Waals surface area contributed by atoms with Gasteiger partial charge in [-0.25, -0.2) is 0 Å². The fourth-order valence-electron chi connectivity index (χ4n) is 1.91. The van der Waals surface area contributed by atoms with Gasteiger partial charge in [-0.05, 0) is 43.3 Å². The Kier molecular flexibility index (Phi) is 6.41. The maximum Gasteiger partial charge on any atom is 0.259 e. The second-order valence-corrected chi connectivity index (χ2v) is 4.53. The highest BCUT2D eigenvalue weighted by Crippen LogP contribution is 2.30. The van der Waals surface area contributed by atoms with E-state index in [1.54, 1.807) is 43.3 Å². The SMILES string of the molecule is CCOc1cccc(C(=O)Nc2ccc(C(=N)N)cc2)c1O.Cl. The average Bonchev–Trinajstić information content (AvgIpc) is 2.50. The van der Waals surface area contributed by atoms with Crippen molar-refractivity contribution >= 4 is 29.8 Å². The minimum atomic E-state index is -0.449. The lowest BCUT2D eigenvalue weighted by atomic mass is 10.1. The second-order valence-electron chi connectivity index (χ2n) is 4.53. The lowest BCUT2D eigenvalue weighted by molar-refractivity contribution is 0.102. The number of phenols is 1. The van der Waals surface area contributed by atoms with Crippen molar-refractivity contribution in [1.82, 2.24) is 0 Å². The van der Waals surface area contributed by atoms with Crippen LogP contribution in [0, 0.1) is 5.41 Å². The highest BCUT2D eigenvalue weighted by Gasteiger charge is 2.15. The van der Waals surface area contributed by atoms with Gasteiger partial charge in [0.15, 0.2) is 11.5 Å². The van der Waals surface area contributed by atoms with Crippen molar-refractivity contribution in [3.8, 4) is 11.5 Å². The van der Waals surface area contributed by atoms with Crippen molar-refractivity contribution in [2.24, 2.45) is 5.73 Å². The number of nitrogens with one attached hydrogen (secondary N) is 2. The molecule has 2 rings (SSSR count). The Labute approximate surface area is 140 Å². The monoisotopic (exact) mass is 335 g/mol. The van der Waals surface area contributed by atoms with Gasteiger partial charge in [0.05, 0.1) is 12.2 Å². The Hall–Kier alpha value is -2.73. The topological polar surface area (TPSA) is 108 Å². The average molecular weight is 336 g/mol. The van der Waals surface area contributed by atoms with E-state index >= 15 is 0 Å². The number of hydrogen-bond acceptors (Lipinski definition) is 4. The molecule has 1 amide bonds. The number of hydrogen-bond donors (Lipinski definition) is 4. The highest BCUT2D eigenvalue weighted by molar-refractivity contribution is 6.06. The number of phenolic OH excluding ortho intramolecular Hbond substituents is 1. The Bertz CT molecular complexity index is 702. The molecule has 0 spiro atoms. The third-order valence-corrected chi connectivity index (χ3v) is 3.00. The molecule has 0 unspecified atom stereocenters. The van der Waals surface area contributed by atoms with Gasteiger partial charge in [-0.3, -0.25) is 10.2 Å². The van der Waals surface area contributed by atoms with Crippen LogP contribution in [0.5, 0.6) is 11.5 Å². The van der Waals surface area contributed by atoms with Gasteiger partial charge in [-0.1, -0.05) is 6.07 Å².